The second-order valence-corrected chi connectivity index (χ2v) is 6.11. The number of halogens is 4. The minimum atomic E-state index is -4.55. The van der Waals surface area contributed by atoms with E-state index in [1.54, 1.807) is 30.5 Å². The number of nitrogens with two attached hydrogens (primary N) is 1. The Morgan fingerprint density at radius 2 is 2.04 bits per heavy atom. The van der Waals surface area contributed by atoms with Crippen molar-refractivity contribution in [1.29, 1.82) is 0 Å². The lowest BCUT2D eigenvalue weighted by Gasteiger charge is -2.10. The van der Waals surface area contributed by atoms with Crippen LogP contribution in [0.15, 0.2) is 42.7 Å². The molecule has 9 heteroatoms. The van der Waals surface area contributed by atoms with Crippen LogP contribution in [0, 0.1) is 0 Å². The quantitative estimate of drug-likeness (QED) is 0.708. The topological polar surface area (TPSA) is 81.1 Å². The molecule has 2 heterocycles. The first-order chi connectivity index (χ1) is 12.2. The van der Waals surface area contributed by atoms with E-state index in [0.29, 0.717) is 22.7 Å². The predicted molar refractivity (Wildman–Crippen MR) is 90.3 cm³/mol. The summed E-state index contributed by atoms with van der Waals surface area (Å²) in [6, 6.07) is 6.99. The monoisotopic (exact) mass is 383 g/mol. The number of alkyl halides is 3. The molecule has 1 atom stereocenters. The van der Waals surface area contributed by atoms with Gasteiger partial charge in [-0.1, -0.05) is 29.8 Å². The molecule has 3 N–H and O–H groups in total. The summed E-state index contributed by atoms with van der Waals surface area (Å²) in [6.45, 7) is 0. The van der Waals surface area contributed by atoms with E-state index in [2.05, 4.69) is 4.98 Å². The fraction of sp³-hybridized carbons (Fsp3) is 0.176. The van der Waals surface area contributed by atoms with Crippen LogP contribution in [-0.2, 0) is 11.0 Å². The minimum absolute atomic E-state index is 0.102. The number of para-hydroxylation sites is 1. The Labute approximate surface area is 150 Å². The number of hydrogen-bond acceptors (Lipinski definition) is 3. The lowest BCUT2D eigenvalue weighted by molar-refractivity contribution is -0.138. The third-order valence-corrected chi connectivity index (χ3v) is 4.19. The van der Waals surface area contributed by atoms with Gasteiger partial charge in [0.1, 0.15) is 0 Å². The highest BCUT2D eigenvalue weighted by Crippen LogP contribution is 2.34. The number of nitrogens with zero attached hydrogens (tertiary/aromatic N) is 2. The molecule has 26 heavy (non-hydrogen) atoms. The smallest absolute Gasteiger partial charge is 0.417 e. The molecule has 0 saturated carbocycles. The number of fused-ring (bicyclic) bond motifs is 1. The fourth-order valence-corrected chi connectivity index (χ4v) is 3.00. The highest BCUT2D eigenvalue weighted by molar-refractivity contribution is 6.32. The molecule has 0 aliphatic carbocycles. The molecule has 136 valence electrons. The number of hydrogen-bond donors (Lipinski definition) is 2. The third kappa shape index (κ3) is 3.38. The van der Waals surface area contributed by atoms with Crippen LogP contribution in [0.4, 0.5) is 13.2 Å². The van der Waals surface area contributed by atoms with Crippen LogP contribution >= 0.6 is 11.6 Å². The standard InChI is InChI=1S/C17H13ClF3N3O2/c18-12-5-9(17(19,20)21)7-23-16(12)24-8-11(13(22)6-15(25)26)10-3-1-2-4-14(10)24/h1-5,7-8,13H,6,22H2,(H,25,26). The molecule has 0 spiro atoms. The lowest BCUT2D eigenvalue weighted by Crippen LogP contribution is -2.14. The maximum Gasteiger partial charge on any atom is 0.417 e. The van der Waals surface area contributed by atoms with E-state index < -0.39 is 23.8 Å². The van der Waals surface area contributed by atoms with Gasteiger partial charge in [0, 0.05) is 23.8 Å². The summed E-state index contributed by atoms with van der Waals surface area (Å²) in [6.07, 6.45) is -2.59. The Bertz CT molecular complexity index is 985. The van der Waals surface area contributed by atoms with Gasteiger partial charge in [-0.25, -0.2) is 4.98 Å². The average molecular weight is 384 g/mol. The molecule has 3 aromatic rings. The summed E-state index contributed by atoms with van der Waals surface area (Å²) in [5, 5.41) is 9.46. The van der Waals surface area contributed by atoms with Crippen molar-refractivity contribution in [3.05, 3.63) is 58.9 Å². The molecule has 1 unspecified atom stereocenters. The van der Waals surface area contributed by atoms with Crippen LogP contribution in [0.2, 0.25) is 5.02 Å². The van der Waals surface area contributed by atoms with Gasteiger partial charge in [-0.15, -0.1) is 0 Å². The Balaban J connectivity index is 2.16. The molecule has 1 aromatic carbocycles. The summed E-state index contributed by atoms with van der Waals surface area (Å²) >= 11 is 6.03. The SMILES string of the molecule is NC(CC(=O)O)c1cn(-c2ncc(C(F)(F)F)cc2Cl)c2ccccc12. The normalized spacial score (nSPS) is 13.1. The van der Waals surface area contributed by atoms with Gasteiger partial charge in [0.15, 0.2) is 5.82 Å². The number of benzene rings is 1. The zero-order valence-electron chi connectivity index (χ0n) is 13.2. The molecular formula is C17H13ClF3N3O2. The van der Waals surface area contributed by atoms with Gasteiger partial charge in [0.2, 0.25) is 0 Å². The summed E-state index contributed by atoms with van der Waals surface area (Å²) in [4.78, 5) is 14.8. The number of pyridine rings is 1. The summed E-state index contributed by atoms with van der Waals surface area (Å²) in [5.41, 5.74) is 6.17. The van der Waals surface area contributed by atoms with E-state index in [4.69, 9.17) is 22.4 Å². The Kier molecular flexibility index (Phi) is 4.64. The van der Waals surface area contributed by atoms with E-state index in [1.165, 1.54) is 4.57 Å². The highest BCUT2D eigenvalue weighted by Gasteiger charge is 2.32. The molecule has 3 rings (SSSR count). The zero-order chi connectivity index (χ0) is 19.1. The third-order valence-electron chi connectivity index (χ3n) is 3.91. The van der Waals surface area contributed by atoms with Crippen LogP contribution in [0.1, 0.15) is 23.6 Å². The lowest BCUT2D eigenvalue weighted by atomic mass is 10.0. The average Bonchev–Trinajstić information content (AvgIpc) is 2.93. The number of aliphatic carboxylic acids is 1. The number of aromatic nitrogens is 2. The highest BCUT2D eigenvalue weighted by atomic mass is 35.5. The molecule has 0 aliphatic rings. The number of carboxylic acid groups (broad SMARTS) is 1. The van der Waals surface area contributed by atoms with Gasteiger partial charge < -0.3 is 10.8 Å². The first kappa shape index (κ1) is 18.2. The van der Waals surface area contributed by atoms with Crippen molar-refractivity contribution in [2.45, 2.75) is 18.6 Å². The van der Waals surface area contributed by atoms with Gasteiger partial charge in [-0.05, 0) is 17.7 Å². The zero-order valence-corrected chi connectivity index (χ0v) is 13.9. The second-order valence-electron chi connectivity index (χ2n) is 5.70. The Hall–Kier alpha value is -2.58. The van der Waals surface area contributed by atoms with Crippen molar-refractivity contribution < 1.29 is 23.1 Å². The molecule has 0 saturated heterocycles. The van der Waals surface area contributed by atoms with Crippen molar-refractivity contribution in [1.82, 2.24) is 9.55 Å². The van der Waals surface area contributed by atoms with Gasteiger partial charge in [-0.2, -0.15) is 13.2 Å². The van der Waals surface area contributed by atoms with E-state index in [9.17, 15) is 18.0 Å². The fourth-order valence-electron chi connectivity index (χ4n) is 2.74. The van der Waals surface area contributed by atoms with Gasteiger partial charge >= 0.3 is 12.1 Å². The van der Waals surface area contributed by atoms with Crippen molar-refractivity contribution in [3.8, 4) is 5.82 Å². The van der Waals surface area contributed by atoms with Crippen LogP contribution in [-0.4, -0.2) is 20.6 Å². The van der Waals surface area contributed by atoms with Crippen molar-refractivity contribution >= 4 is 28.5 Å². The van der Waals surface area contributed by atoms with E-state index in [-0.39, 0.29) is 17.3 Å². The van der Waals surface area contributed by atoms with Crippen LogP contribution in [0.3, 0.4) is 0 Å². The number of carboxylic acids is 1. The predicted octanol–water partition coefficient (Wildman–Crippen LogP) is 4.17. The van der Waals surface area contributed by atoms with Crippen LogP contribution < -0.4 is 5.73 Å². The Morgan fingerprint density at radius 1 is 1.35 bits per heavy atom. The van der Waals surface area contributed by atoms with Gasteiger partial charge in [0.25, 0.3) is 0 Å². The van der Waals surface area contributed by atoms with Crippen molar-refractivity contribution in [2.24, 2.45) is 5.73 Å². The van der Waals surface area contributed by atoms with Crippen LogP contribution in [0.25, 0.3) is 16.7 Å². The molecule has 2 aromatic heterocycles. The number of carbonyl (C=O) groups is 1. The number of rotatable bonds is 4. The van der Waals surface area contributed by atoms with Crippen LogP contribution in [0.5, 0.6) is 0 Å². The maximum atomic E-state index is 12.8. The minimum Gasteiger partial charge on any atom is -0.481 e. The van der Waals surface area contributed by atoms with E-state index in [1.807, 2.05) is 0 Å². The van der Waals surface area contributed by atoms with E-state index >= 15 is 0 Å². The molecule has 0 radical (unpaired) electrons. The summed E-state index contributed by atoms with van der Waals surface area (Å²) in [5.74, 6) is -0.954. The molecule has 0 fully saturated rings. The van der Waals surface area contributed by atoms with E-state index in [0.717, 1.165) is 6.07 Å². The first-order valence-electron chi connectivity index (χ1n) is 7.49. The second kappa shape index (κ2) is 6.62. The summed E-state index contributed by atoms with van der Waals surface area (Å²) < 4.78 is 39.9. The van der Waals surface area contributed by atoms with Crippen molar-refractivity contribution in [3.63, 3.8) is 0 Å². The molecule has 5 nitrogen and oxygen atoms in total. The molecule has 0 bridgehead atoms. The first-order valence-corrected chi connectivity index (χ1v) is 7.86. The maximum absolute atomic E-state index is 12.8. The summed E-state index contributed by atoms with van der Waals surface area (Å²) in [7, 11) is 0. The molecule has 0 amide bonds. The molecular weight excluding hydrogens is 371 g/mol. The molecule has 0 aliphatic heterocycles. The van der Waals surface area contributed by atoms with Crippen molar-refractivity contribution in [2.75, 3.05) is 0 Å². The largest absolute Gasteiger partial charge is 0.481 e. The van der Waals surface area contributed by atoms with Gasteiger partial charge in [-0.3, -0.25) is 9.36 Å². The Morgan fingerprint density at radius 3 is 2.65 bits per heavy atom. The van der Waals surface area contributed by atoms with Gasteiger partial charge in [0.05, 0.1) is 22.5 Å².